The summed E-state index contributed by atoms with van der Waals surface area (Å²) in [7, 11) is 0. The highest BCUT2D eigenvalue weighted by Crippen LogP contribution is 2.35. The first-order valence-corrected chi connectivity index (χ1v) is 9.71. The molecule has 176 valence electrons. The Morgan fingerprint density at radius 3 is 2.41 bits per heavy atom. The first-order valence-electron chi connectivity index (χ1n) is 9.71. The van der Waals surface area contributed by atoms with Crippen LogP contribution in [0.4, 0.5) is 13.2 Å². The number of carboxylic acids is 1. The molecule has 0 radical (unpaired) electrons. The average molecular weight is 475 g/mol. The van der Waals surface area contributed by atoms with Crippen LogP contribution in [-0.4, -0.2) is 39.0 Å². The minimum atomic E-state index is -4.89. The van der Waals surface area contributed by atoms with E-state index in [1.165, 1.54) is 24.4 Å². The maximum atomic E-state index is 12.6. The van der Waals surface area contributed by atoms with E-state index in [9.17, 15) is 18.0 Å². The Labute approximate surface area is 189 Å². The Morgan fingerprint density at radius 1 is 1.09 bits per heavy atom. The van der Waals surface area contributed by atoms with Gasteiger partial charge in [0.2, 0.25) is 5.89 Å². The number of para-hydroxylation sites is 2. The van der Waals surface area contributed by atoms with E-state index >= 15 is 0 Å². The second-order valence-electron chi connectivity index (χ2n) is 7.08. The molecule has 0 saturated heterocycles. The second kappa shape index (κ2) is 8.89. The van der Waals surface area contributed by atoms with Gasteiger partial charge in [-0.25, -0.2) is 14.8 Å². The molecule has 0 aliphatic heterocycles. The van der Waals surface area contributed by atoms with Crippen LogP contribution in [0.15, 0.2) is 47.0 Å². The number of aliphatic carboxylic acids is 1. The maximum absolute atomic E-state index is 12.6. The molecule has 0 spiro atoms. The lowest BCUT2D eigenvalue weighted by atomic mass is 10.1. The smallest absolute Gasteiger partial charge is 0.481 e. The van der Waals surface area contributed by atoms with E-state index in [2.05, 4.69) is 19.7 Å². The number of carbonyl (C=O) groups is 1. The average Bonchev–Trinajstić information content (AvgIpc) is 3.17. The molecule has 34 heavy (non-hydrogen) atoms. The van der Waals surface area contributed by atoms with E-state index in [0.29, 0.717) is 28.0 Å². The topological polar surface area (TPSA) is 117 Å². The summed E-state index contributed by atoms with van der Waals surface area (Å²) >= 11 is 0. The lowest BCUT2D eigenvalue weighted by Gasteiger charge is -2.12. The molecular formula is C22H16F3N3O6. The molecule has 0 atom stereocenters. The fraction of sp³-hybridized carbons (Fsp3) is 0.182. The molecule has 4 rings (SSSR count). The maximum Gasteiger partial charge on any atom is 0.573 e. The number of hydrogen-bond acceptors (Lipinski definition) is 8. The zero-order valence-electron chi connectivity index (χ0n) is 17.7. The van der Waals surface area contributed by atoms with Gasteiger partial charge in [0.25, 0.3) is 5.71 Å². The monoisotopic (exact) mass is 475 g/mol. The van der Waals surface area contributed by atoms with E-state index in [4.69, 9.17) is 19.0 Å². The van der Waals surface area contributed by atoms with Gasteiger partial charge in [-0.3, -0.25) is 0 Å². The van der Waals surface area contributed by atoms with Crippen molar-refractivity contribution in [3.8, 4) is 34.7 Å². The van der Waals surface area contributed by atoms with Crippen molar-refractivity contribution in [2.75, 3.05) is 6.61 Å². The predicted molar refractivity (Wildman–Crippen MR) is 111 cm³/mol. The van der Waals surface area contributed by atoms with Gasteiger partial charge in [0, 0.05) is 5.56 Å². The lowest BCUT2D eigenvalue weighted by Crippen LogP contribution is -2.17. The van der Waals surface area contributed by atoms with Crippen LogP contribution in [0.1, 0.15) is 11.1 Å². The van der Waals surface area contributed by atoms with Crippen LogP contribution in [0.5, 0.6) is 23.3 Å². The van der Waals surface area contributed by atoms with Crippen LogP contribution in [0, 0.1) is 13.8 Å². The molecule has 4 aromatic rings. The zero-order valence-corrected chi connectivity index (χ0v) is 17.7. The molecule has 0 aliphatic carbocycles. The number of benzene rings is 2. The third kappa shape index (κ3) is 5.17. The molecule has 0 fully saturated rings. The van der Waals surface area contributed by atoms with Crippen LogP contribution in [0.25, 0.3) is 22.7 Å². The number of ether oxygens (including phenoxy) is 3. The number of nitrogens with zero attached hydrogens (tertiary/aromatic N) is 3. The van der Waals surface area contributed by atoms with E-state index in [1.807, 2.05) is 0 Å². The largest absolute Gasteiger partial charge is 0.573 e. The van der Waals surface area contributed by atoms with Gasteiger partial charge in [0.05, 0.1) is 6.20 Å². The van der Waals surface area contributed by atoms with E-state index < -0.39 is 24.7 Å². The molecule has 2 aromatic carbocycles. The molecule has 0 bridgehead atoms. The van der Waals surface area contributed by atoms with Crippen molar-refractivity contribution in [3.05, 3.63) is 53.7 Å². The molecular weight excluding hydrogens is 459 g/mol. The molecule has 0 saturated carbocycles. The number of carboxylic acid groups (broad SMARTS) is 1. The van der Waals surface area contributed by atoms with Crippen LogP contribution in [0.2, 0.25) is 0 Å². The normalized spacial score (nSPS) is 11.4. The minimum Gasteiger partial charge on any atom is -0.481 e. The van der Waals surface area contributed by atoms with Crippen molar-refractivity contribution in [2.24, 2.45) is 0 Å². The SMILES string of the molecule is Cc1cc(-c2nc3cnc(Oc4ccccc4OC(F)(F)F)nc3o2)cc(C)c1OCC(=O)O. The first-order chi connectivity index (χ1) is 16.1. The summed E-state index contributed by atoms with van der Waals surface area (Å²) in [4.78, 5) is 23.1. The number of hydrogen-bond donors (Lipinski definition) is 1. The van der Waals surface area contributed by atoms with Gasteiger partial charge >= 0.3 is 18.3 Å². The molecule has 0 unspecified atom stereocenters. The highest BCUT2D eigenvalue weighted by molar-refractivity contribution is 5.73. The number of aromatic nitrogens is 3. The predicted octanol–water partition coefficient (Wildman–Crippen LogP) is 5.06. The van der Waals surface area contributed by atoms with Crippen LogP contribution in [-0.2, 0) is 4.79 Å². The van der Waals surface area contributed by atoms with Crippen molar-refractivity contribution in [3.63, 3.8) is 0 Å². The van der Waals surface area contributed by atoms with Crippen molar-refractivity contribution >= 4 is 17.2 Å². The van der Waals surface area contributed by atoms with Crippen molar-refractivity contribution in [1.29, 1.82) is 0 Å². The molecule has 0 aliphatic rings. The Bertz CT molecular complexity index is 1350. The Balaban J connectivity index is 1.61. The van der Waals surface area contributed by atoms with Gasteiger partial charge in [0.15, 0.2) is 18.1 Å². The number of rotatable bonds is 7. The molecule has 2 aromatic heterocycles. The first kappa shape index (κ1) is 22.8. The third-order valence-corrected chi connectivity index (χ3v) is 4.45. The number of aryl methyl sites for hydroxylation is 2. The number of halogens is 3. The summed E-state index contributed by atoms with van der Waals surface area (Å²) < 4.78 is 58.2. The summed E-state index contributed by atoms with van der Waals surface area (Å²) in [6, 6.07) is 8.37. The lowest BCUT2D eigenvalue weighted by molar-refractivity contribution is -0.275. The fourth-order valence-electron chi connectivity index (χ4n) is 3.17. The fourth-order valence-corrected chi connectivity index (χ4v) is 3.17. The zero-order chi connectivity index (χ0) is 24.5. The summed E-state index contributed by atoms with van der Waals surface area (Å²) in [5.74, 6) is -1.23. The van der Waals surface area contributed by atoms with Crippen LogP contribution < -0.4 is 14.2 Å². The highest BCUT2D eigenvalue weighted by Gasteiger charge is 2.32. The third-order valence-electron chi connectivity index (χ3n) is 4.45. The summed E-state index contributed by atoms with van der Waals surface area (Å²) in [6.07, 6.45) is -3.59. The van der Waals surface area contributed by atoms with Gasteiger partial charge in [-0.1, -0.05) is 12.1 Å². The summed E-state index contributed by atoms with van der Waals surface area (Å²) in [6.45, 7) is 3.03. The van der Waals surface area contributed by atoms with Crippen molar-refractivity contribution in [1.82, 2.24) is 15.0 Å². The number of alkyl halides is 3. The molecule has 2 heterocycles. The van der Waals surface area contributed by atoms with Gasteiger partial charge in [-0.15, -0.1) is 13.2 Å². The second-order valence-corrected chi connectivity index (χ2v) is 7.08. The molecule has 0 amide bonds. The highest BCUT2D eigenvalue weighted by atomic mass is 19.4. The van der Waals surface area contributed by atoms with E-state index in [0.717, 1.165) is 6.07 Å². The summed E-state index contributed by atoms with van der Waals surface area (Å²) in [5.41, 5.74) is 2.28. The van der Waals surface area contributed by atoms with E-state index in [-0.39, 0.29) is 23.4 Å². The quantitative estimate of drug-likeness (QED) is 0.392. The van der Waals surface area contributed by atoms with Gasteiger partial charge in [-0.05, 0) is 49.2 Å². The Kier molecular flexibility index (Phi) is 5.97. The van der Waals surface area contributed by atoms with Crippen molar-refractivity contribution < 1.29 is 41.7 Å². The Morgan fingerprint density at radius 2 is 1.76 bits per heavy atom. The minimum absolute atomic E-state index is 0.0516. The standard InChI is InChI=1S/C22H16F3N3O6/c1-11-7-13(8-12(2)18(11)31-10-17(29)30)19-27-14-9-26-21(28-20(14)33-19)32-15-5-3-4-6-16(15)34-22(23,24)25/h3-9H,10H2,1-2H3,(H,29,30). The van der Waals surface area contributed by atoms with Crippen molar-refractivity contribution in [2.45, 2.75) is 20.2 Å². The molecule has 9 nitrogen and oxygen atoms in total. The molecule has 12 heteroatoms. The van der Waals surface area contributed by atoms with Crippen LogP contribution >= 0.6 is 0 Å². The Hall–Kier alpha value is -4.35. The van der Waals surface area contributed by atoms with Gasteiger partial charge in [-0.2, -0.15) is 4.98 Å². The van der Waals surface area contributed by atoms with Gasteiger partial charge < -0.3 is 23.7 Å². The molecule has 1 N–H and O–H groups in total. The van der Waals surface area contributed by atoms with E-state index in [1.54, 1.807) is 26.0 Å². The van der Waals surface area contributed by atoms with Crippen LogP contribution in [0.3, 0.4) is 0 Å². The number of oxazole rings is 1. The number of fused-ring (bicyclic) bond motifs is 1. The summed E-state index contributed by atoms with van der Waals surface area (Å²) in [5, 5.41) is 8.82. The van der Waals surface area contributed by atoms with Gasteiger partial charge in [0.1, 0.15) is 11.3 Å².